The van der Waals surface area contributed by atoms with Crippen molar-refractivity contribution in [3.8, 4) is 17.1 Å². The second-order valence-corrected chi connectivity index (χ2v) is 8.49. The van der Waals surface area contributed by atoms with E-state index >= 15 is 0 Å². The zero-order chi connectivity index (χ0) is 23.7. The number of carbonyl (C=O) groups is 1. The van der Waals surface area contributed by atoms with Gasteiger partial charge in [0.15, 0.2) is 0 Å². The Hall–Kier alpha value is -3.72. The monoisotopic (exact) mass is 460 g/mol. The van der Waals surface area contributed by atoms with E-state index in [4.69, 9.17) is 9.72 Å². The molecule has 1 amide bonds. The third-order valence-corrected chi connectivity index (χ3v) is 6.30. The summed E-state index contributed by atoms with van der Waals surface area (Å²) < 4.78 is 5.95. The number of aromatic amines is 2. The zero-order valence-electron chi connectivity index (χ0n) is 19.4. The van der Waals surface area contributed by atoms with E-state index in [2.05, 4.69) is 26.8 Å². The molecule has 1 aliphatic rings. The number of aromatic nitrogens is 4. The lowest BCUT2D eigenvalue weighted by atomic mass is 10.1. The highest BCUT2D eigenvalue weighted by Crippen LogP contribution is 2.30. The maximum absolute atomic E-state index is 13.3. The first-order chi connectivity index (χ1) is 16.6. The van der Waals surface area contributed by atoms with Gasteiger partial charge in [-0.3, -0.25) is 9.59 Å². The van der Waals surface area contributed by atoms with Crippen LogP contribution in [0.25, 0.3) is 33.3 Å². The third kappa shape index (κ3) is 4.14. The van der Waals surface area contributed by atoms with E-state index in [0.29, 0.717) is 53.3 Å². The first-order valence-electron chi connectivity index (χ1n) is 11.7. The summed E-state index contributed by atoms with van der Waals surface area (Å²) in [7, 11) is 0. The van der Waals surface area contributed by atoms with Crippen LogP contribution in [0.2, 0.25) is 0 Å². The van der Waals surface area contributed by atoms with E-state index in [0.717, 1.165) is 37.1 Å². The molecule has 2 aromatic carbocycles. The molecule has 0 radical (unpaired) electrons. The van der Waals surface area contributed by atoms with Gasteiger partial charge >= 0.3 is 0 Å². The first-order valence-corrected chi connectivity index (χ1v) is 11.7. The Bertz CT molecular complexity index is 1400. The summed E-state index contributed by atoms with van der Waals surface area (Å²) in [5.41, 5.74) is 2.92. The molecule has 176 valence electrons. The highest BCUT2D eigenvalue weighted by Gasteiger charge is 2.23. The maximum Gasteiger partial charge on any atom is 0.259 e. The summed E-state index contributed by atoms with van der Waals surface area (Å²) in [4.78, 5) is 45.3. The molecule has 5 rings (SSSR count). The molecule has 34 heavy (non-hydrogen) atoms. The number of nitrogens with one attached hydrogen (secondary N) is 2. The number of hydrogen-bond donors (Lipinski definition) is 2. The first kappa shape index (κ1) is 22.1. The molecule has 4 aromatic rings. The van der Waals surface area contributed by atoms with Crippen LogP contribution in [-0.4, -0.2) is 75.0 Å². The number of amides is 1. The average molecular weight is 461 g/mol. The molecule has 2 N–H and O–H groups in total. The fraction of sp³-hybridized carbons (Fsp3) is 0.360. The number of imidazole rings is 1. The van der Waals surface area contributed by atoms with Crippen LogP contribution < -0.4 is 10.3 Å². The molecular weight excluding hydrogens is 432 g/mol. The van der Waals surface area contributed by atoms with Crippen molar-refractivity contribution < 1.29 is 9.53 Å². The molecule has 9 nitrogen and oxygen atoms in total. The fourth-order valence-electron chi connectivity index (χ4n) is 4.33. The number of piperazine rings is 1. The summed E-state index contributed by atoms with van der Waals surface area (Å²) in [6, 6.07) is 8.89. The van der Waals surface area contributed by atoms with Gasteiger partial charge in [0, 0.05) is 31.7 Å². The normalized spacial score (nSPS) is 14.7. The second kappa shape index (κ2) is 9.26. The Balaban J connectivity index is 1.56. The number of benzene rings is 2. The number of H-pyrrole nitrogens is 2. The van der Waals surface area contributed by atoms with Gasteiger partial charge in [0.25, 0.3) is 11.5 Å². The van der Waals surface area contributed by atoms with E-state index in [1.54, 1.807) is 36.7 Å². The van der Waals surface area contributed by atoms with Crippen molar-refractivity contribution in [2.45, 2.75) is 20.3 Å². The van der Waals surface area contributed by atoms with Crippen LogP contribution in [-0.2, 0) is 0 Å². The minimum Gasteiger partial charge on any atom is -0.493 e. The summed E-state index contributed by atoms with van der Waals surface area (Å²) in [5, 5.41) is 0.470. The van der Waals surface area contributed by atoms with Crippen LogP contribution in [0.1, 0.15) is 30.6 Å². The molecule has 1 saturated heterocycles. The third-order valence-electron chi connectivity index (χ3n) is 6.30. The minimum absolute atomic E-state index is 0.0274. The van der Waals surface area contributed by atoms with Crippen molar-refractivity contribution in [1.82, 2.24) is 29.7 Å². The molecule has 0 saturated carbocycles. The van der Waals surface area contributed by atoms with E-state index in [1.807, 2.05) is 11.8 Å². The Morgan fingerprint density at radius 3 is 2.68 bits per heavy atom. The largest absolute Gasteiger partial charge is 0.493 e. The van der Waals surface area contributed by atoms with Gasteiger partial charge in [0.05, 0.1) is 40.4 Å². The molecule has 0 spiro atoms. The average Bonchev–Trinajstić information content (AvgIpc) is 3.33. The van der Waals surface area contributed by atoms with E-state index in [9.17, 15) is 9.59 Å². The van der Waals surface area contributed by atoms with Crippen molar-refractivity contribution in [3.05, 3.63) is 52.6 Å². The molecule has 0 atom stereocenters. The van der Waals surface area contributed by atoms with Crippen LogP contribution in [0.15, 0.2) is 41.5 Å². The van der Waals surface area contributed by atoms with Gasteiger partial charge in [-0.15, -0.1) is 0 Å². The number of rotatable bonds is 6. The van der Waals surface area contributed by atoms with Gasteiger partial charge in [0.1, 0.15) is 11.6 Å². The Morgan fingerprint density at radius 2 is 1.91 bits per heavy atom. The van der Waals surface area contributed by atoms with Crippen molar-refractivity contribution in [2.24, 2.45) is 0 Å². The summed E-state index contributed by atoms with van der Waals surface area (Å²) >= 11 is 0. The smallest absolute Gasteiger partial charge is 0.259 e. The maximum atomic E-state index is 13.3. The van der Waals surface area contributed by atoms with Crippen LogP contribution in [0.5, 0.6) is 5.75 Å². The molecule has 9 heteroatoms. The van der Waals surface area contributed by atoms with Crippen molar-refractivity contribution in [2.75, 3.05) is 39.3 Å². The SMILES string of the molecule is CCCOc1ccc(C(=O)N2CCN(CC)CC2)cc1-c1nc2cc3nc[nH]c3cc2c(=O)[nH]1. The molecular formula is C25H28N6O3. The molecule has 0 unspecified atom stereocenters. The van der Waals surface area contributed by atoms with Crippen molar-refractivity contribution in [3.63, 3.8) is 0 Å². The molecule has 0 aliphatic carbocycles. The Labute approximate surface area is 196 Å². The van der Waals surface area contributed by atoms with E-state index < -0.39 is 0 Å². The zero-order valence-corrected chi connectivity index (χ0v) is 19.4. The number of likely N-dealkylation sites (N-methyl/N-ethyl adjacent to an activating group) is 1. The predicted octanol–water partition coefficient (Wildman–Crippen LogP) is 3.03. The van der Waals surface area contributed by atoms with E-state index in [1.165, 1.54) is 0 Å². The van der Waals surface area contributed by atoms with Gasteiger partial charge in [0.2, 0.25) is 0 Å². The van der Waals surface area contributed by atoms with Gasteiger partial charge in [-0.1, -0.05) is 13.8 Å². The molecule has 3 heterocycles. The molecule has 1 aliphatic heterocycles. The topological polar surface area (TPSA) is 107 Å². The highest BCUT2D eigenvalue weighted by molar-refractivity contribution is 5.96. The van der Waals surface area contributed by atoms with Gasteiger partial charge < -0.3 is 24.5 Å². The van der Waals surface area contributed by atoms with Gasteiger partial charge in [-0.25, -0.2) is 9.97 Å². The predicted molar refractivity (Wildman–Crippen MR) is 131 cm³/mol. The summed E-state index contributed by atoms with van der Waals surface area (Å²) in [6.45, 7) is 8.79. The summed E-state index contributed by atoms with van der Waals surface area (Å²) in [6.07, 6.45) is 2.42. The molecule has 2 aromatic heterocycles. The van der Waals surface area contributed by atoms with Crippen LogP contribution in [0.3, 0.4) is 0 Å². The quantitative estimate of drug-likeness (QED) is 0.458. The van der Waals surface area contributed by atoms with Gasteiger partial charge in [-0.05, 0) is 43.3 Å². The second-order valence-electron chi connectivity index (χ2n) is 8.49. The lowest BCUT2D eigenvalue weighted by Gasteiger charge is -2.34. The lowest BCUT2D eigenvalue weighted by Crippen LogP contribution is -2.48. The van der Waals surface area contributed by atoms with Crippen LogP contribution in [0, 0.1) is 0 Å². The highest BCUT2D eigenvalue weighted by atomic mass is 16.5. The number of nitrogens with zero attached hydrogens (tertiary/aromatic N) is 4. The van der Waals surface area contributed by atoms with Crippen molar-refractivity contribution >= 4 is 27.8 Å². The molecule has 0 bridgehead atoms. The Kier molecular flexibility index (Phi) is 6.02. The molecule has 1 fully saturated rings. The standard InChI is InChI=1S/C25H28N6O3/c1-3-11-34-22-6-5-16(25(33)31-9-7-30(4-2)8-10-31)12-18(22)23-28-19-14-21-20(26-15-27-21)13-17(19)24(32)29-23/h5-6,12-15H,3-4,7-11H2,1-2H3,(H,26,27)(H,28,29,32). The minimum atomic E-state index is -0.259. The number of carbonyl (C=O) groups excluding carboxylic acids is 1. The summed E-state index contributed by atoms with van der Waals surface area (Å²) in [5.74, 6) is 0.918. The number of ether oxygens (including phenoxy) is 1. The van der Waals surface area contributed by atoms with E-state index in [-0.39, 0.29) is 11.5 Å². The fourth-order valence-corrected chi connectivity index (χ4v) is 4.33. The van der Waals surface area contributed by atoms with Gasteiger partial charge in [-0.2, -0.15) is 0 Å². The van der Waals surface area contributed by atoms with Crippen LogP contribution in [0.4, 0.5) is 0 Å². The van der Waals surface area contributed by atoms with Crippen molar-refractivity contribution in [1.29, 1.82) is 0 Å². The van der Waals surface area contributed by atoms with Crippen LogP contribution >= 0.6 is 0 Å². The lowest BCUT2D eigenvalue weighted by molar-refractivity contribution is 0.0643. The Morgan fingerprint density at radius 1 is 1.09 bits per heavy atom. The number of hydrogen-bond acceptors (Lipinski definition) is 6. The number of fused-ring (bicyclic) bond motifs is 2.